The molecular weight excluding hydrogens is 521 g/mol. The van der Waals surface area contributed by atoms with Crippen molar-refractivity contribution in [3.05, 3.63) is 88.5 Å². The summed E-state index contributed by atoms with van der Waals surface area (Å²) in [5.41, 5.74) is 0.701. The minimum absolute atomic E-state index is 0.0496. The predicted octanol–water partition coefficient (Wildman–Crippen LogP) is 7.41. The smallest absolute Gasteiger partial charge is 0.245 e. The number of carbonyl (C=O) groups is 3. The second-order valence-electron chi connectivity index (χ2n) is 10.9. The zero-order valence-corrected chi connectivity index (χ0v) is 22.8. The molecule has 2 amide bonds. The van der Waals surface area contributed by atoms with Gasteiger partial charge in [-0.15, -0.1) is 0 Å². The maximum Gasteiger partial charge on any atom is 0.245 e. The highest BCUT2D eigenvalue weighted by molar-refractivity contribution is 6.34. The molecule has 0 N–H and O–H groups in total. The molecule has 2 aliphatic rings. The number of anilines is 3. The lowest BCUT2D eigenvalue weighted by Gasteiger charge is -2.54. The molecule has 6 nitrogen and oxygen atoms in total. The van der Waals surface area contributed by atoms with Crippen LogP contribution in [0.15, 0.2) is 72.8 Å². The van der Waals surface area contributed by atoms with E-state index in [2.05, 4.69) is 0 Å². The van der Waals surface area contributed by atoms with Crippen molar-refractivity contribution >= 4 is 68.8 Å². The van der Waals surface area contributed by atoms with Crippen LogP contribution in [0.2, 0.25) is 10.0 Å². The van der Waals surface area contributed by atoms with Crippen LogP contribution in [-0.4, -0.2) is 22.2 Å². The Labute approximate surface area is 230 Å². The molecule has 3 heterocycles. The second kappa shape index (κ2) is 8.19. The van der Waals surface area contributed by atoms with E-state index >= 15 is 0 Å². The topological polar surface area (TPSA) is 62.6 Å². The summed E-state index contributed by atoms with van der Waals surface area (Å²) in [6, 6.07) is 21.7. The van der Waals surface area contributed by atoms with Gasteiger partial charge in [-0.3, -0.25) is 24.2 Å². The lowest BCUT2D eigenvalue weighted by Crippen LogP contribution is -2.64. The van der Waals surface area contributed by atoms with Crippen LogP contribution in [0, 0.1) is 10.8 Å². The van der Waals surface area contributed by atoms with Gasteiger partial charge in [-0.2, -0.15) is 0 Å². The monoisotopic (exact) mass is 545 g/mol. The van der Waals surface area contributed by atoms with Gasteiger partial charge in [0.05, 0.1) is 16.6 Å². The van der Waals surface area contributed by atoms with E-state index in [-0.39, 0.29) is 17.6 Å². The van der Waals surface area contributed by atoms with Gasteiger partial charge in [-0.05, 0) is 82.3 Å². The first kappa shape index (κ1) is 24.7. The fourth-order valence-electron chi connectivity index (χ4n) is 5.65. The molecule has 3 aromatic carbocycles. The maximum absolute atomic E-state index is 14.2. The molecule has 1 saturated heterocycles. The Hall–Kier alpha value is -3.61. The maximum atomic E-state index is 14.2. The van der Waals surface area contributed by atoms with Crippen LogP contribution in [0.4, 0.5) is 17.1 Å². The van der Waals surface area contributed by atoms with Crippen molar-refractivity contribution in [2.75, 3.05) is 9.80 Å². The first-order valence-electron chi connectivity index (χ1n) is 12.3. The van der Waals surface area contributed by atoms with Crippen molar-refractivity contribution in [2.45, 2.75) is 33.9 Å². The number of fused-ring (bicyclic) bond motifs is 3. The molecule has 0 saturated carbocycles. The normalized spacial score (nSPS) is 20.1. The standard InChI is InChI=1S/C30H25Cl2N3O3/c1-29(2)25(36)24-23(33(27(29)37)20-13-10-17(31)11-14-20)21-16-18(32)12-15-22(21)35(24)26-30(3,4)28(38)34(26)19-8-6-5-7-9-19/h5-16,26H,1-4H3/t26-/m0/s1. The first-order valence-corrected chi connectivity index (χ1v) is 13.1. The number of benzene rings is 3. The number of rotatable bonds is 3. The molecule has 1 atom stereocenters. The van der Waals surface area contributed by atoms with Crippen molar-refractivity contribution in [1.29, 1.82) is 0 Å². The number of hydrogen-bond donors (Lipinski definition) is 0. The molecule has 1 fully saturated rings. The summed E-state index contributed by atoms with van der Waals surface area (Å²) < 4.78 is 1.93. The third-order valence-corrected chi connectivity index (χ3v) is 8.19. The molecule has 0 unspecified atom stereocenters. The molecule has 192 valence electrons. The fourth-order valence-corrected chi connectivity index (χ4v) is 5.95. The van der Waals surface area contributed by atoms with Crippen LogP contribution in [0.25, 0.3) is 10.9 Å². The molecule has 2 aliphatic heterocycles. The number of β-lactam (4-membered cyclic amide) rings is 1. The first-order chi connectivity index (χ1) is 18.0. The Morgan fingerprint density at radius 3 is 2.03 bits per heavy atom. The molecular formula is C30H25Cl2N3O3. The molecule has 0 spiro atoms. The highest BCUT2D eigenvalue weighted by atomic mass is 35.5. The van der Waals surface area contributed by atoms with E-state index in [4.69, 9.17) is 23.2 Å². The van der Waals surface area contributed by atoms with Gasteiger partial charge in [0.1, 0.15) is 17.3 Å². The minimum atomic E-state index is -1.35. The van der Waals surface area contributed by atoms with Crippen LogP contribution in [-0.2, 0) is 9.59 Å². The van der Waals surface area contributed by atoms with Gasteiger partial charge in [0, 0.05) is 26.8 Å². The highest BCUT2D eigenvalue weighted by Gasteiger charge is 2.59. The summed E-state index contributed by atoms with van der Waals surface area (Å²) >= 11 is 12.6. The molecule has 4 aromatic rings. The van der Waals surface area contributed by atoms with E-state index < -0.39 is 17.0 Å². The molecule has 6 rings (SSSR count). The van der Waals surface area contributed by atoms with E-state index in [1.807, 2.05) is 54.8 Å². The fraction of sp³-hybridized carbons (Fsp3) is 0.233. The van der Waals surface area contributed by atoms with E-state index in [1.54, 1.807) is 60.0 Å². The Bertz CT molecular complexity index is 1660. The number of carbonyl (C=O) groups excluding carboxylic acids is 3. The molecule has 0 radical (unpaired) electrons. The molecule has 0 aliphatic carbocycles. The average molecular weight is 546 g/mol. The van der Waals surface area contributed by atoms with Gasteiger partial charge in [0.25, 0.3) is 0 Å². The number of halogens is 2. The van der Waals surface area contributed by atoms with Crippen LogP contribution in [0.5, 0.6) is 0 Å². The van der Waals surface area contributed by atoms with Crippen molar-refractivity contribution in [3.63, 3.8) is 0 Å². The summed E-state index contributed by atoms with van der Waals surface area (Å²) in [4.78, 5) is 44.9. The summed E-state index contributed by atoms with van der Waals surface area (Å²) in [5, 5.41) is 1.66. The van der Waals surface area contributed by atoms with E-state index in [1.165, 1.54) is 0 Å². The summed E-state index contributed by atoms with van der Waals surface area (Å²) in [6.45, 7) is 7.05. The molecule has 0 bridgehead atoms. The minimum Gasteiger partial charge on any atom is -0.313 e. The summed E-state index contributed by atoms with van der Waals surface area (Å²) in [6.07, 6.45) is -0.509. The predicted molar refractivity (Wildman–Crippen MR) is 150 cm³/mol. The Kier molecular flexibility index (Phi) is 5.33. The van der Waals surface area contributed by atoms with E-state index in [0.717, 1.165) is 5.69 Å². The summed E-state index contributed by atoms with van der Waals surface area (Å²) in [5.74, 6) is -0.704. The number of aromatic nitrogens is 1. The zero-order chi connectivity index (χ0) is 27.1. The highest BCUT2D eigenvalue weighted by Crippen LogP contribution is 2.55. The zero-order valence-electron chi connectivity index (χ0n) is 21.3. The Morgan fingerprint density at radius 2 is 1.37 bits per heavy atom. The van der Waals surface area contributed by atoms with Crippen molar-refractivity contribution in [2.24, 2.45) is 10.8 Å². The van der Waals surface area contributed by atoms with E-state index in [0.29, 0.717) is 38.0 Å². The molecule has 38 heavy (non-hydrogen) atoms. The number of hydrogen-bond acceptors (Lipinski definition) is 3. The Balaban J connectivity index is 1.71. The number of para-hydroxylation sites is 1. The molecule has 8 heteroatoms. The Morgan fingerprint density at radius 1 is 0.737 bits per heavy atom. The van der Waals surface area contributed by atoms with E-state index in [9.17, 15) is 14.4 Å². The number of nitrogens with zero attached hydrogens (tertiary/aromatic N) is 3. The third kappa shape index (κ3) is 3.23. The van der Waals surface area contributed by atoms with Gasteiger partial charge < -0.3 is 4.57 Å². The van der Waals surface area contributed by atoms with Gasteiger partial charge in [-0.1, -0.05) is 41.4 Å². The lowest BCUT2D eigenvalue weighted by atomic mass is 9.76. The number of Topliss-reactive ketones (excluding diaryl/α,β-unsaturated/α-hetero) is 1. The van der Waals surface area contributed by atoms with Crippen LogP contribution < -0.4 is 9.80 Å². The number of ketones is 1. The van der Waals surface area contributed by atoms with Crippen LogP contribution in [0.3, 0.4) is 0 Å². The lowest BCUT2D eigenvalue weighted by molar-refractivity contribution is -0.140. The van der Waals surface area contributed by atoms with Gasteiger partial charge >= 0.3 is 0 Å². The SMILES string of the molecule is CC1(C)C(=O)c2c(c3cc(Cl)ccc3n2[C@@H]2N(c3ccccc3)C(=O)C2(C)C)N(c2ccc(Cl)cc2)C1=O. The number of amides is 2. The quantitative estimate of drug-likeness (QED) is 0.199. The van der Waals surface area contributed by atoms with Gasteiger partial charge in [0.2, 0.25) is 11.8 Å². The van der Waals surface area contributed by atoms with Gasteiger partial charge in [0.15, 0.2) is 5.78 Å². The van der Waals surface area contributed by atoms with Crippen molar-refractivity contribution < 1.29 is 14.4 Å². The van der Waals surface area contributed by atoms with Crippen molar-refractivity contribution in [1.82, 2.24) is 4.57 Å². The largest absolute Gasteiger partial charge is 0.313 e. The average Bonchev–Trinajstić information content (AvgIpc) is 3.20. The van der Waals surface area contributed by atoms with Crippen LogP contribution in [0.1, 0.15) is 44.3 Å². The van der Waals surface area contributed by atoms with Crippen molar-refractivity contribution in [3.8, 4) is 0 Å². The van der Waals surface area contributed by atoms with Gasteiger partial charge in [-0.25, -0.2) is 0 Å². The third-order valence-electron chi connectivity index (χ3n) is 7.71. The van der Waals surface area contributed by atoms with Crippen LogP contribution >= 0.6 is 23.2 Å². The molecule has 1 aromatic heterocycles. The second-order valence-corrected chi connectivity index (χ2v) is 11.8. The summed E-state index contributed by atoms with van der Waals surface area (Å²) in [7, 11) is 0.